The van der Waals surface area contributed by atoms with Crippen molar-refractivity contribution in [2.45, 2.75) is 6.54 Å². The third kappa shape index (κ3) is 3.46. The summed E-state index contributed by atoms with van der Waals surface area (Å²) in [6, 6.07) is 10.7. The maximum absolute atomic E-state index is 11.9. The number of ether oxygens (including phenoxy) is 1. The molecule has 0 bridgehead atoms. The van der Waals surface area contributed by atoms with Crippen molar-refractivity contribution in [1.82, 2.24) is 10.3 Å². The minimum Gasteiger partial charge on any atom is -0.497 e. The van der Waals surface area contributed by atoms with Crippen molar-refractivity contribution in [1.29, 1.82) is 0 Å². The zero-order chi connectivity index (χ0) is 14.4. The molecule has 0 saturated carbocycles. The largest absolute Gasteiger partial charge is 0.497 e. The number of carbonyl (C=O) groups excluding carboxylic acids is 1. The van der Waals surface area contributed by atoms with Crippen LogP contribution in [0.1, 0.15) is 16.1 Å². The number of anilines is 1. The standard InChI is InChI=1S/C14H16N4O2/c1-20-12-4-2-10(3-5-12)9-17-14(19)13-8-11(18-15)6-7-16-13/h2-8H,9,15H2,1H3,(H,16,18)(H,17,19). The van der Waals surface area contributed by atoms with Gasteiger partial charge in [0.2, 0.25) is 0 Å². The highest BCUT2D eigenvalue weighted by atomic mass is 16.5. The molecule has 1 aromatic carbocycles. The van der Waals surface area contributed by atoms with Gasteiger partial charge in [-0.1, -0.05) is 12.1 Å². The fourth-order valence-corrected chi connectivity index (χ4v) is 1.66. The lowest BCUT2D eigenvalue weighted by Gasteiger charge is -2.07. The quantitative estimate of drug-likeness (QED) is 0.564. The molecule has 0 aliphatic heterocycles. The van der Waals surface area contributed by atoms with E-state index in [2.05, 4.69) is 15.7 Å². The minimum atomic E-state index is -0.252. The highest BCUT2D eigenvalue weighted by molar-refractivity contribution is 5.93. The molecule has 4 N–H and O–H groups in total. The molecule has 104 valence electrons. The van der Waals surface area contributed by atoms with E-state index in [4.69, 9.17) is 10.6 Å². The van der Waals surface area contributed by atoms with Crippen LogP contribution in [0.15, 0.2) is 42.6 Å². The second-order valence-corrected chi connectivity index (χ2v) is 4.10. The molecule has 0 aliphatic rings. The molecular weight excluding hydrogens is 256 g/mol. The van der Waals surface area contributed by atoms with Crippen LogP contribution in [-0.4, -0.2) is 18.0 Å². The molecule has 6 heteroatoms. The molecule has 6 nitrogen and oxygen atoms in total. The van der Waals surface area contributed by atoms with E-state index in [1.165, 1.54) is 6.20 Å². The van der Waals surface area contributed by atoms with Gasteiger partial charge in [0.1, 0.15) is 11.4 Å². The second-order valence-electron chi connectivity index (χ2n) is 4.10. The van der Waals surface area contributed by atoms with Gasteiger partial charge in [-0.25, -0.2) is 0 Å². The van der Waals surface area contributed by atoms with Gasteiger partial charge in [0, 0.05) is 12.7 Å². The average Bonchev–Trinajstić information content (AvgIpc) is 2.53. The number of hydrogen-bond donors (Lipinski definition) is 3. The molecule has 1 heterocycles. The predicted molar refractivity (Wildman–Crippen MR) is 76.2 cm³/mol. The first kappa shape index (κ1) is 13.8. The van der Waals surface area contributed by atoms with Crippen LogP contribution in [0.25, 0.3) is 0 Å². The maximum Gasteiger partial charge on any atom is 0.270 e. The lowest BCUT2D eigenvalue weighted by molar-refractivity contribution is 0.0946. The Kier molecular flexibility index (Phi) is 4.52. The number of aromatic nitrogens is 1. The van der Waals surface area contributed by atoms with Crippen molar-refractivity contribution in [3.63, 3.8) is 0 Å². The summed E-state index contributed by atoms with van der Waals surface area (Å²) in [6.07, 6.45) is 1.53. The van der Waals surface area contributed by atoms with Crippen LogP contribution in [0.3, 0.4) is 0 Å². The molecule has 0 spiro atoms. The van der Waals surface area contributed by atoms with Crippen LogP contribution in [-0.2, 0) is 6.54 Å². The summed E-state index contributed by atoms with van der Waals surface area (Å²) in [7, 11) is 1.61. The number of nitrogens with zero attached hydrogens (tertiary/aromatic N) is 1. The van der Waals surface area contributed by atoms with E-state index in [1.807, 2.05) is 24.3 Å². The Morgan fingerprint density at radius 1 is 1.30 bits per heavy atom. The van der Waals surface area contributed by atoms with Gasteiger partial charge < -0.3 is 15.5 Å². The molecule has 0 aliphatic carbocycles. The van der Waals surface area contributed by atoms with E-state index in [0.717, 1.165) is 11.3 Å². The number of nitrogens with one attached hydrogen (secondary N) is 2. The van der Waals surface area contributed by atoms with Crippen LogP contribution < -0.4 is 21.3 Å². The molecule has 0 radical (unpaired) electrons. The van der Waals surface area contributed by atoms with Crippen molar-refractivity contribution in [2.75, 3.05) is 12.5 Å². The van der Waals surface area contributed by atoms with E-state index in [1.54, 1.807) is 19.2 Å². The van der Waals surface area contributed by atoms with Gasteiger partial charge in [-0.05, 0) is 29.8 Å². The summed E-state index contributed by atoms with van der Waals surface area (Å²) in [6.45, 7) is 0.421. The van der Waals surface area contributed by atoms with Gasteiger partial charge in [0.05, 0.1) is 12.8 Å². The maximum atomic E-state index is 11.9. The summed E-state index contributed by atoms with van der Waals surface area (Å²) in [5.74, 6) is 5.82. The Morgan fingerprint density at radius 2 is 2.05 bits per heavy atom. The predicted octanol–water partition coefficient (Wildman–Crippen LogP) is 1.31. The first-order chi connectivity index (χ1) is 9.72. The van der Waals surface area contributed by atoms with Crippen LogP contribution in [0.4, 0.5) is 5.69 Å². The number of carbonyl (C=O) groups is 1. The van der Waals surface area contributed by atoms with Crippen molar-refractivity contribution in [3.05, 3.63) is 53.9 Å². The van der Waals surface area contributed by atoms with E-state index in [9.17, 15) is 4.79 Å². The Balaban J connectivity index is 1.97. The highest BCUT2D eigenvalue weighted by Crippen LogP contribution is 2.11. The number of nitrogens with two attached hydrogens (primary N) is 1. The topological polar surface area (TPSA) is 89.3 Å². The number of methoxy groups -OCH3 is 1. The molecule has 1 amide bonds. The summed E-state index contributed by atoms with van der Waals surface area (Å²) >= 11 is 0. The molecule has 0 atom stereocenters. The second kappa shape index (κ2) is 6.53. The van der Waals surface area contributed by atoms with Crippen molar-refractivity contribution >= 4 is 11.6 Å². The number of nitrogen functional groups attached to an aromatic ring is 1. The SMILES string of the molecule is COc1ccc(CNC(=O)c2cc(NN)ccn2)cc1. The van der Waals surface area contributed by atoms with Gasteiger partial charge in [0.25, 0.3) is 5.91 Å². The Labute approximate surface area is 116 Å². The van der Waals surface area contributed by atoms with Crippen LogP contribution in [0.5, 0.6) is 5.75 Å². The first-order valence-electron chi connectivity index (χ1n) is 6.06. The average molecular weight is 272 g/mol. The normalized spacial score (nSPS) is 9.90. The Morgan fingerprint density at radius 3 is 2.70 bits per heavy atom. The van der Waals surface area contributed by atoms with Gasteiger partial charge in [0.15, 0.2) is 0 Å². The molecule has 0 unspecified atom stereocenters. The molecular formula is C14H16N4O2. The molecule has 0 saturated heterocycles. The third-order valence-electron chi connectivity index (χ3n) is 2.77. The van der Waals surface area contributed by atoms with Crippen molar-refractivity contribution in [2.24, 2.45) is 5.84 Å². The monoisotopic (exact) mass is 272 g/mol. The highest BCUT2D eigenvalue weighted by Gasteiger charge is 2.07. The lowest BCUT2D eigenvalue weighted by atomic mass is 10.2. The number of hydrazine groups is 1. The Hall–Kier alpha value is -2.60. The summed E-state index contributed by atoms with van der Waals surface area (Å²) < 4.78 is 5.07. The zero-order valence-corrected chi connectivity index (χ0v) is 11.1. The zero-order valence-electron chi connectivity index (χ0n) is 11.1. The molecule has 2 rings (SSSR count). The first-order valence-corrected chi connectivity index (χ1v) is 6.06. The number of pyridine rings is 1. The Bertz CT molecular complexity index is 584. The minimum absolute atomic E-state index is 0.252. The van der Waals surface area contributed by atoms with Crippen LogP contribution in [0, 0.1) is 0 Å². The fraction of sp³-hybridized carbons (Fsp3) is 0.143. The van der Waals surface area contributed by atoms with E-state index < -0.39 is 0 Å². The van der Waals surface area contributed by atoms with Crippen LogP contribution >= 0.6 is 0 Å². The third-order valence-corrected chi connectivity index (χ3v) is 2.77. The molecule has 2 aromatic rings. The van der Waals surface area contributed by atoms with Gasteiger partial charge in [-0.15, -0.1) is 0 Å². The summed E-state index contributed by atoms with van der Waals surface area (Å²) in [4.78, 5) is 15.9. The fourth-order valence-electron chi connectivity index (χ4n) is 1.66. The molecule has 0 fully saturated rings. The number of rotatable bonds is 5. The lowest BCUT2D eigenvalue weighted by Crippen LogP contribution is -2.24. The number of amides is 1. The van der Waals surface area contributed by atoms with E-state index in [0.29, 0.717) is 17.9 Å². The molecule has 20 heavy (non-hydrogen) atoms. The van der Waals surface area contributed by atoms with Crippen molar-refractivity contribution < 1.29 is 9.53 Å². The number of benzene rings is 1. The van der Waals surface area contributed by atoms with Crippen LogP contribution in [0.2, 0.25) is 0 Å². The van der Waals surface area contributed by atoms with Gasteiger partial charge in [-0.3, -0.25) is 15.6 Å². The smallest absolute Gasteiger partial charge is 0.270 e. The van der Waals surface area contributed by atoms with Crippen molar-refractivity contribution in [3.8, 4) is 5.75 Å². The summed E-state index contributed by atoms with van der Waals surface area (Å²) in [5, 5.41) is 2.79. The van der Waals surface area contributed by atoms with E-state index >= 15 is 0 Å². The van der Waals surface area contributed by atoms with Gasteiger partial charge in [-0.2, -0.15) is 0 Å². The van der Waals surface area contributed by atoms with E-state index in [-0.39, 0.29) is 5.91 Å². The molecule has 1 aromatic heterocycles. The number of hydrogen-bond acceptors (Lipinski definition) is 5. The summed E-state index contributed by atoms with van der Waals surface area (Å²) in [5.41, 5.74) is 4.40. The van der Waals surface area contributed by atoms with Gasteiger partial charge >= 0.3 is 0 Å².